The molecular formula is C16H23ClIN5O. The molecule has 1 atom stereocenters. The first-order valence-electron chi connectivity index (χ1n) is 7.55. The van der Waals surface area contributed by atoms with Gasteiger partial charge in [0.15, 0.2) is 5.96 Å². The Morgan fingerprint density at radius 2 is 1.92 bits per heavy atom. The predicted octanol–water partition coefficient (Wildman–Crippen LogP) is 3.72. The van der Waals surface area contributed by atoms with Gasteiger partial charge in [-0.2, -0.15) is 4.98 Å². The largest absolute Gasteiger partial charge is 0.354 e. The first-order valence-corrected chi connectivity index (χ1v) is 7.93. The normalized spacial score (nSPS) is 12.7. The van der Waals surface area contributed by atoms with Crippen molar-refractivity contribution in [2.75, 3.05) is 7.05 Å². The van der Waals surface area contributed by atoms with E-state index in [0.29, 0.717) is 41.2 Å². The number of rotatable bonds is 5. The topological polar surface area (TPSA) is 75.3 Å². The molecule has 132 valence electrons. The summed E-state index contributed by atoms with van der Waals surface area (Å²) < 4.78 is 5.26. The van der Waals surface area contributed by atoms with Crippen molar-refractivity contribution in [3.8, 4) is 11.4 Å². The first kappa shape index (κ1) is 20.7. The van der Waals surface area contributed by atoms with Crippen molar-refractivity contribution >= 4 is 41.5 Å². The summed E-state index contributed by atoms with van der Waals surface area (Å²) in [5, 5.41) is 11.1. The van der Waals surface area contributed by atoms with Gasteiger partial charge < -0.3 is 15.2 Å². The summed E-state index contributed by atoms with van der Waals surface area (Å²) in [7, 11) is 1.73. The van der Waals surface area contributed by atoms with Crippen LogP contribution < -0.4 is 10.6 Å². The highest BCUT2D eigenvalue weighted by atomic mass is 127. The van der Waals surface area contributed by atoms with Crippen molar-refractivity contribution in [1.29, 1.82) is 0 Å². The van der Waals surface area contributed by atoms with Crippen LogP contribution in [0.2, 0.25) is 5.02 Å². The number of hydrogen-bond acceptors (Lipinski definition) is 4. The number of nitrogens with one attached hydrogen (secondary N) is 2. The molecule has 1 aromatic carbocycles. The Hall–Kier alpha value is -1.35. The van der Waals surface area contributed by atoms with Crippen LogP contribution in [0, 0.1) is 5.92 Å². The third-order valence-corrected chi connectivity index (χ3v) is 3.82. The Kier molecular flexibility index (Phi) is 8.47. The van der Waals surface area contributed by atoms with Crippen molar-refractivity contribution in [3.63, 3.8) is 0 Å². The molecule has 0 amide bonds. The molecule has 0 aliphatic heterocycles. The summed E-state index contributed by atoms with van der Waals surface area (Å²) in [6.45, 7) is 6.83. The second kappa shape index (κ2) is 9.83. The monoisotopic (exact) mass is 463 g/mol. The highest BCUT2D eigenvalue weighted by Gasteiger charge is 2.11. The Labute approximate surface area is 164 Å². The molecule has 0 saturated heterocycles. The number of aliphatic imine (C=N–C) groups is 1. The minimum absolute atomic E-state index is 0. The van der Waals surface area contributed by atoms with E-state index in [1.54, 1.807) is 19.2 Å². The van der Waals surface area contributed by atoms with E-state index in [1.165, 1.54) is 0 Å². The van der Waals surface area contributed by atoms with Gasteiger partial charge in [-0.15, -0.1) is 24.0 Å². The summed E-state index contributed by atoms with van der Waals surface area (Å²) in [5.41, 5.74) is 0.861. The molecule has 0 spiro atoms. The maximum atomic E-state index is 5.87. The molecular weight excluding hydrogens is 441 g/mol. The third kappa shape index (κ3) is 5.94. The second-order valence-corrected chi connectivity index (χ2v) is 6.06. The van der Waals surface area contributed by atoms with E-state index in [9.17, 15) is 0 Å². The van der Waals surface area contributed by atoms with Crippen LogP contribution in [0.1, 0.15) is 26.7 Å². The van der Waals surface area contributed by atoms with Crippen molar-refractivity contribution in [2.45, 2.75) is 33.4 Å². The zero-order chi connectivity index (χ0) is 16.8. The van der Waals surface area contributed by atoms with Gasteiger partial charge in [0.05, 0.1) is 6.54 Å². The summed E-state index contributed by atoms with van der Waals surface area (Å²) >= 11 is 5.87. The quantitative estimate of drug-likeness (QED) is 0.402. The van der Waals surface area contributed by atoms with Crippen LogP contribution in [-0.2, 0) is 6.54 Å². The maximum Gasteiger partial charge on any atom is 0.246 e. The van der Waals surface area contributed by atoms with E-state index in [1.807, 2.05) is 12.1 Å². The summed E-state index contributed by atoms with van der Waals surface area (Å²) in [6, 6.07) is 7.62. The number of aromatic nitrogens is 2. The van der Waals surface area contributed by atoms with Gasteiger partial charge in [-0.25, -0.2) is 0 Å². The number of guanidine groups is 1. The standard InChI is InChI=1S/C16H22ClN5O.HI/c1-10(2)11(3)20-16(18-4)19-9-14-21-15(22-23-14)12-5-7-13(17)8-6-12;/h5-8,10-11H,9H2,1-4H3,(H2,18,19,20);1H. The van der Waals surface area contributed by atoms with E-state index in [0.717, 1.165) is 5.56 Å². The lowest BCUT2D eigenvalue weighted by atomic mass is 10.1. The molecule has 8 heteroatoms. The second-order valence-electron chi connectivity index (χ2n) is 5.62. The molecule has 0 saturated carbocycles. The summed E-state index contributed by atoms with van der Waals surface area (Å²) in [4.78, 5) is 8.55. The Balaban J connectivity index is 0.00000288. The minimum Gasteiger partial charge on any atom is -0.354 e. The van der Waals surface area contributed by atoms with E-state index in [4.69, 9.17) is 16.1 Å². The summed E-state index contributed by atoms with van der Waals surface area (Å²) in [6.07, 6.45) is 0. The zero-order valence-corrected chi connectivity index (χ0v) is 17.3. The van der Waals surface area contributed by atoms with Crippen LogP contribution in [0.15, 0.2) is 33.8 Å². The molecule has 1 unspecified atom stereocenters. The fourth-order valence-corrected chi connectivity index (χ4v) is 1.91. The molecule has 24 heavy (non-hydrogen) atoms. The smallest absolute Gasteiger partial charge is 0.246 e. The minimum atomic E-state index is 0. The van der Waals surface area contributed by atoms with Crippen LogP contribution in [0.4, 0.5) is 0 Å². The number of hydrogen-bond donors (Lipinski definition) is 2. The average Bonchev–Trinajstić information content (AvgIpc) is 3.00. The van der Waals surface area contributed by atoms with Gasteiger partial charge in [-0.05, 0) is 37.1 Å². The zero-order valence-electron chi connectivity index (χ0n) is 14.2. The van der Waals surface area contributed by atoms with Gasteiger partial charge in [-0.3, -0.25) is 4.99 Å². The highest BCUT2D eigenvalue weighted by molar-refractivity contribution is 14.0. The van der Waals surface area contributed by atoms with Crippen LogP contribution >= 0.6 is 35.6 Å². The van der Waals surface area contributed by atoms with Gasteiger partial charge in [0.2, 0.25) is 11.7 Å². The third-order valence-electron chi connectivity index (χ3n) is 3.57. The molecule has 0 radical (unpaired) electrons. The lowest BCUT2D eigenvalue weighted by Gasteiger charge is -2.20. The molecule has 1 heterocycles. The van der Waals surface area contributed by atoms with E-state index < -0.39 is 0 Å². The van der Waals surface area contributed by atoms with Crippen molar-refractivity contribution < 1.29 is 4.52 Å². The van der Waals surface area contributed by atoms with Crippen molar-refractivity contribution in [3.05, 3.63) is 35.2 Å². The van der Waals surface area contributed by atoms with Gasteiger partial charge in [0.1, 0.15) is 0 Å². The van der Waals surface area contributed by atoms with Gasteiger partial charge >= 0.3 is 0 Å². The van der Waals surface area contributed by atoms with Crippen LogP contribution in [0.3, 0.4) is 0 Å². The molecule has 2 aromatic rings. The van der Waals surface area contributed by atoms with Gasteiger partial charge in [0, 0.05) is 23.7 Å². The van der Waals surface area contributed by atoms with Crippen LogP contribution in [-0.4, -0.2) is 29.2 Å². The van der Waals surface area contributed by atoms with Gasteiger partial charge in [-0.1, -0.05) is 30.6 Å². The van der Waals surface area contributed by atoms with E-state index >= 15 is 0 Å². The summed E-state index contributed by atoms with van der Waals surface area (Å²) in [5.74, 6) is 2.25. The molecule has 6 nitrogen and oxygen atoms in total. The molecule has 0 aliphatic rings. The first-order chi connectivity index (χ1) is 11.0. The van der Waals surface area contributed by atoms with Crippen molar-refractivity contribution in [2.24, 2.45) is 10.9 Å². The molecule has 2 rings (SSSR count). The number of nitrogens with zero attached hydrogens (tertiary/aromatic N) is 3. The van der Waals surface area contributed by atoms with Crippen molar-refractivity contribution in [1.82, 2.24) is 20.8 Å². The molecule has 0 fully saturated rings. The lowest BCUT2D eigenvalue weighted by Crippen LogP contribution is -2.43. The molecule has 2 N–H and O–H groups in total. The fourth-order valence-electron chi connectivity index (χ4n) is 1.78. The molecule has 0 aliphatic carbocycles. The van der Waals surface area contributed by atoms with Crippen LogP contribution in [0.25, 0.3) is 11.4 Å². The number of halogens is 2. The maximum absolute atomic E-state index is 5.87. The number of benzene rings is 1. The lowest BCUT2D eigenvalue weighted by molar-refractivity contribution is 0.374. The van der Waals surface area contributed by atoms with Gasteiger partial charge in [0.25, 0.3) is 0 Å². The van der Waals surface area contributed by atoms with E-state index in [-0.39, 0.29) is 24.0 Å². The molecule has 1 aromatic heterocycles. The van der Waals surface area contributed by atoms with E-state index in [2.05, 4.69) is 46.5 Å². The predicted molar refractivity (Wildman–Crippen MR) is 108 cm³/mol. The molecule has 0 bridgehead atoms. The Bertz CT molecular complexity index is 657. The fraction of sp³-hybridized carbons (Fsp3) is 0.438. The average molecular weight is 464 g/mol. The SMILES string of the molecule is CN=C(NCc1nc(-c2ccc(Cl)cc2)no1)NC(C)C(C)C.I. The Morgan fingerprint density at radius 3 is 2.50 bits per heavy atom. The highest BCUT2D eigenvalue weighted by Crippen LogP contribution is 2.18. The Morgan fingerprint density at radius 1 is 1.25 bits per heavy atom. The van der Waals surface area contributed by atoms with Crippen LogP contribution in [0.5, 0.6) is 0 Å².